The SMILES string of the molecule is NCCNC(=O)NCCN1CCCCC1. The van der Waals surface area contributed by atoms with Gasteiger partial charge < -0.3 is 21.3 Å². The maximum Gasteiger partial charge on any atom is 0.314 e. The Hall–Kier alpha value is -0.810. The molecule has 5 nitrogen and oxygen atoms in total. The fraction of sp³-hybridized carbons (Fsp3) is 0.900. The maximum absolute atomic E-state index is 11.1. The zero-order chi connectivity index (χ0) is 10.9. The molecule has 1 rings (SSSR count). The number of hydrogen-bond acceptors (Lipinski definition) is 3. The van der Waals surface area contributed by atoms with Crippen LogP contribution in [-0.2, 0) is 0 Å². The molecule has 0 atom stereocenters. The Morgan fingerprint density at radius 2 is 1.80 bits per heavy atom. The van der Waals surface area contributed by atoms with Crippen LogP contribution in [0.5, 0.6) is 0 Å². The Labute approximate surface area is 91.4 Å². The summed E-state index contributed by atoms with van der Waals surface area (Å²) in [6, 6.07) is -0.113. The minimum atomic E-state index is -0.113. The third-order valence-corrected chi connectivity index (χ3v) is 2.59. The van der Waals surface area contributed by atoms with Crippen molar-refractivity contribution in [3.05, 3.63) is 0 Å². The summed E-state index contributed by atoms with van der Waals surface area (Å²) < 4.78 is 0. The van der Waals surface area contributed by atoms with Crippen molar-refractivity contribution in [1.82, 2.24) is 15.5 Å². The first-order valence-electron chi connectivity index (χ1n) is 5.77. The molecular formula is C10H22N4O. The number of hydrogen-bond donors (Lipinski definition) is 3. The summed E-state index contributed by atoms with van der Waals surface area (Å²) in [4.78, 5) is 13.5. The van der Waals surface area contributed by atoms with Gasteiger partial charge in [0.1, 0.15) is 0 Å². The van der Waals surface area contributed by atoms with Crippen LogP contribution in [0, 0.1) is 0 Å². The Balaban J connectivity index is 1.97. The number of nitrogens with zero attached hydrogens (tertiary/aromatic N) is 1. The van der Waals surface area contributed by atoms with E-state index >= 15 is 0 Å². The second-order valence-corrected chi connectivity index (χ2v) is 3.87. The summed E-state index contributed by atoms with van der Waals surface area (Å²) in [6.07, 6.45) is 3.93. The first-order chi connectivity index (χ1) is 7.33. The van der Waals surface area contributed by atoms with E-state index in [0.29, 0.717) is 13.1 Å². The summed E-state index contributed by atoms with van der Waals surface area (Å²) in [5.74, 6) is 0. The molecule has 0 unspecified atom stereocenters. The highest BCUT2D eigenvalue weighted by atomic mass is 16.2. The normalized spacial score (nSPS) is 17.4. The molecule has 2 amide bonds. The standard InChI is InChI=1S/C10H22N4O/c11-4-5-12-10(15)13-6-9-14-7-2-1-3-8-14/h1-9,11H2,(H2,12,13,15). The molecule has 1 heterocycles. The molecule has 0 radical (unpaired) electrons. The predicted molar refractivity (Wildman–Crippen MR) is 60.7 cm³/mol. The number of amides is 2. The van der Waals surface area contributed by atoms with Crippen molar-refractivity contribution in [3.63, 3.8) is 0 Å². The fourth-order valence-corrected chi connectivity index (χ4v) is 1.76. The van der Waals surface area contributed by atoms with Crippen molar-refractivity contribution < 1.29 is 4.79 Å². The molecular weight excluding hydrogens is 192 g/mol. The Bertz CT molecular complexity index is 180. The molecule has 0 aromatic rings. The summed E-state index contributed by atoms with van der Waals surface area (Å²) in [6.45, 7) is 5.04. The molecule has 0 spiro atoms. The van der Waals surface area contributed by atoms with Crippen molar-refractivity contribution in [1.29, 1.82) is 0 Å². The van der Waals surface area contributed by atoms with Crippen molar-refractivity contribution in [2.45, 2.75) is 19.3 Å². The quantitative estimate of drug-likeness (QED) is 0.590. The van der Waals surface area contributed by atoms with E-state index in [0.717, 1.165) is 13.1 Å². The van der Waals surface area contributed by atoms with Gasteiger partial charge in [0, 0.05) is 26.2 Å². The van der Waals surface area contributed by atoms with Crippen LogP contribution in [0.3, 0.4) is 0 Å². The molecule has 0 bridgehead atoms. The van der Waals surface area contributed by atoms with E-state index in [1.54, 1.807) is 0 Å². The Kier molecular flexibility index (Phi) is 6.11. The van der Waals surface area contributed by atoms with Gasteiger partial charge >= 0.3 is 6.03 Å². The highest BCUT2D eigenvalue weighted by Gasteiger charge is 2.09. The number of carbonyl (C=O) groups excluding carboxylic acids is 1. The maximum atomic E-state index is 11.1. The van der Waals surface area contributed by atoms with E-state index in [1.165, 1.54) is 32.4 Å². The van der Waals surface area contributed by atoms with Crippen LogP contribution in [0.1, 0.15) is 19.3 Å². The van der Waals surface area contributed by atoms with Crippen LogP contribution in [0.4, 0.5) is 4.79 Å². The van der Waals surface area contributed by atoms with Gasteiger partial charge in [-0.05, 0) is 25.9 Å². The van der Waals surface area contributed by atoms with Gasteiger partial charge in [-0.25, -0.2) is 4.79 Å². The number of urea groups is 1. The summed E-state index contributed by atoms with van der Waals surface area (Å²) in [7, 11) is 0. The van der Waals surface area contributed by atoms with Gasteiger partial charge in [0.05, 0.1) is 0 Å². The first-order valence-corrected chi connectivity index (χ1v) is 5.77. The number of piperidine rings is 1. The molecule has 4 N–H and O–H groups in total. The van der Waals surface area contributed by atoms with Crippen LogP contribution in [0.25, 0.3) is 0 Å². The lowest BCUT2D eigenvalue weighted by Crippen LogP contribution is -2.42. The van der Waals surface area contributed by atoms with Gasteiger partial charge in [-0.3, -0.25) is 0 Å². The second kappa shape index (κ2) is 7.48. The smallest absolute Gasteiger partial charge is 0.314 e. The number of likely N-dealkylation sites (tertiary alicyclic amines) is 1. The van der Waals surface area contributed by atoms with Gasteiger partial charge in [0.25, 0.3) is 0 Å². The summed E-state index contributed by atoms with van der Waals surface area (Å²) >= 11 is 0. The highest BCUT2D eigenvalue weighted by molar-refractivity contribution is 5.73. The summed E-state index contributed by atoms with van der Waals surface area (Å²) in [5, 5.41) is 5.49. The third-order valence-electron chi connectivity index (χ3n) is 2.59. The number of carbonyl (C=O) groups is 1. The molecule has 0 aromatic carbocycles. The molecule has 1 aliphatic rings. The third kappa shape index (κ3) is 5.59. The number of rotatable bonds is 5. The zero-order valence-electron chi connectivity index (χ0n) is 9.30. The Morgan fingerprint density at radius 3 is 2.47 bits per heavy atom. The monoisotopic (exact) mass is 214 g/mol. The molecule has 0 saturated carbocycles. The fourth-order valence-electron chi connectivity index (χ4n) is 1.76. The lowest BCUT2D eigenvalue weighted by Gasteiger charge is -2.26. The summed E-state index contributed by atoms with van der Waals surface area (Å²) in [5.41, 5.74) is 5.27. The lowest BCUT2D eigenvalue weighted by molar-refractivity contribution is 0.220. The van der Waals surface area contributed by atoms with Crippen LogP contribution in [-0.4, -0.2) is 50.2 Å². The van der Waals surface area contributed by atoms with E-state index in [9.17, 15) is 4.79 Å². The molecule has 88 valence electrons. The van der Waals surface area contributed by atoms with Gasteiger partial charge in [-0.1, -0.05) is 6.42 Å². The van der Waals surface area contributed by atoms with Gasteiger partial charge in [-0.2, -0.15) is 0 Å². The first kappa shape index (κ1) is 12.3. The van der Waals surface area contributed by atoms with Crippen molar-refractivity contribution in [2.24, 2.45) is 5.73 Å². The molecule has 0 aliphatic carbocycles. The van der Waals surface area contributed by atoms with Crippen LogP contribution in [0.15, 0.2) is 0 Å². The molecule has 5 heteroatoms. The average molecular weight is 214 g/mol. The van der Waals surface area contributed by atoms with Crippen LogP contribution >= 0.6 is 0 Å². The molecule has 1 saturated heterocycles. The molecule has 1 fully saturated rings. The van der Waals surface area contributed by atoms with E-state index in [2.05, 4.69) is 15.5 Å². The number of nitrogens with two attached hydrogens (primary N) is 1. The average Bonchev–Trinajstić information content (AvgIpc) is 2.28. The minimum absolute atomic E-state index is 0.113. The van der Waals surface area contributed by atoms with Gasteiger partial charge in [0.15, 0.2) is 0 Å². The largest absolute Gasteiger partial charge is 0.337 e. The highest BCUT2D eigenvalue weighted by Crippen LogP contribution is 2.06. The van der Waals surface area contributed by atoms with Crippen LogP contribution in [0.2, 0.25) is 0 Å². The lowest BCUT2D eigenvalue weighted by atomic mass is 10.1. The molecule has 0 aromatic heterocycles. The van der Waals surface area contributed by atoms with Gasteiger partial charge in [0.2, 0.25) is 0 Å². The zero-order valence-corrected chi connectivity index (χ0v) is 9.30. The molecule has 15 heavy (non-hydrogen) atoms. The van der Waals surface area contributed by atoms with Crippen molar-refractivity contribution >= 4 is 6.03 Å². The second-order valence-electron chi connectivity index (χ2n) is 3.87. The van der Waals surface area contributed by atoms with E-state index in [4.69, 9.17) is 5.73 Å². The van der Waals surface area contributed by atoms with Crippen molar-refractivity contribution in [3.8, 4) is 0 Å². The van der Waals surface area contributed by atoms with Crippen molar-refractivity contribution in [2.75, 3.05) is 39.3 Å². The topological polar surface area (TPSA) is 70.4 Å². The van der Waals surface area contributed by atoms with E-state index < -0.39 is 0 Å². The van der Waals surface area contributed by atoms with Crippen LogP contribution < -0.4 is 16.4 Å². The van der Waals surface area contributed by atoms with Gasteiger partial charge in [-0.15, -0.1) is 0 Å². The number of nitrogens with one attached hydrogen (secondary N) is 2. The predicted octanol–water partition coefficient (Wildman–Crippen LogP) is -0.270. The Morgan fingerprint density at radius 1 is 1.13 bits per heavy atom. The molecule has 1 aliphatic heterocycles. The minimum Gasteiger partial charge on any atom is -0.337 e. The van der Waals surface area contributed by atoms with E-state index in [1.807, 2.05) is 0 Å². The van der Waals surface area contributed by atoms with E-state index in [-0.39, 0.29) is 6.03 Å².